The third-order valence-electron chi connectivity index (χ3n) is 5.57. The van der Waals surface area contributed by atoms with E-state index < -0.39 is 0 Å². The minimum atomic E-state index is -0.236. The molecule has 0 amide bonds. The summed E-state index contributed by atoms with van der Waals surface area (Å²) in [5.74, 6) is -0.406. The number of hydrogen-bond acceptors (Lipinski definition) is 7. The highest BCUT2D eigenvalue weighted by Crippen LogP contribution is 2.47. The third-order valence-corrected chi connectivity index (χ3v) is 5.57. The lowest BCUT2D eigenvalue weighted by Crippen LogP contribution is -1.85. The quantitative estimate of drug-likeness (QED) is 0.174. The molecule has 0 radical (unpaired) electrons. The average molecular weight is 468 g/mol. The molecule has 0 aliphatic rings. The molecule has 0 fully saturated rings. The van der Waals surface area contributed by atoms with Gasteiger partial charge in [0.1, 0.15) is 45.8 Å². The predicted octanol–water partition coefficient (Wildman–Crippen LogP) is 6.17. The molecule has 1 heterocycles. The Morgan fingerprint density at radius 2 is 1.23 bits per heavy atom. The molecule has 0 saturated carbocycles. The summed E-state index contributed by atoms with van der Waals surface area (Å²) in [5.41, 5.74) is 2.81. The lowest BCUT2D eigenvalue weighted by atomic mass is 9.94. The molecule has 5 aromatic rings. The van der Waals surface area contributed by atoms with Gasteiger partial charge in [-0.1, -0.05) is 24.3 Å². The number of phenols is 6. The van der Waals surface area contributed by atoms with Gasteiger partial charge < -0.3 is 35.1 Å². The summed E-state index contributed by atoms with van der Waals surface area (Å²) in [4.78, 5) is 0. The summed E-state index contributed by atoms with van der Waals surface area (Å²) in [6.45, 7) is 0. The second kappa shape index (κ2) is 8.39. The molecule has 7 nitrogen and oxygen atoms in total. The summed E-state index contributed by atoms with van der Waals surface area (Å²) in [6.07, 6.45) is 3.55. The lowest BCUT2D eigenvalue weighted by Gasteiger charge is -2.09. The summed E-state index contributed by atoms with van der Waals surface area (Å²) in [6, 6.07) is 17.7. The van der Waals surface area contributed by atoms with Gasteiger partial charge in [-0.2, -0.15) is 0 Å². The van der Waals surface area contributed by atoms with E-state index >= 15 is 0 Å². The van der Waals surface area contributed by atoms with Crippen LogP contribution < -0.4 is 0 Å². The van der Waals surface area contributed by atoms with Crippen LogP contribution in [0.5, 0.6) is 34.5 Å². The van der Waals surface area contributed by atoms with Crippen molar-refractivity contribution in [2.75, 3.05) is 0 Å². The Morgan fingerprint density at radius 1 is 0.571 bits per heavy atom. The van der Waals surface area contributed by atoms with E-state index in [-0.39, 0.29) is 45.8 Å². The topological polar surface area (TPSA) is 135 Å². The fraction of sp³-hybridized carbons (Fsp3) is 0. The largest absolute Gasteiger partial charge is 0.508 e. The average Bonchev–Trinajstić information content (AvgIpc) is 3.17. The number of hydrogen-bond donors (Lipinski definition) is 6. The van der Waals surface area contributed by atoms with Crippen LogP contribution in [0.3, 0.4) is 0 Å². The van der Waals surface area contributed by atoms with E-state index in [4.69, 9.17) is 4.42 Å². The minimum Gasteiger partial charge on any atom is -0.508 e. The van der Waals surface area contributed by atoms with E-state index in [1.165, 1.54) is 42.5 Å². The van der Waals surface area contributed by atoms with Crippen LogP contribution in [-0.4, -0.2) is 30.6 Å². The molecule has 6 N–H and O–H groups in total. The van der Waals surface area contributed by atoms with Crippen molar-refractivity contribution in [3.63, 3.8) is 0 Å². The zero-order valence-electron chi connectivity index (χ0n) is 18.2. The molecule has 5 rings (SSSR count). The second-order valence-electron chi connectivity index (χ2n) is 8.08. The first kappa shape index (κ1) is 21.8. The maximum atomic E-state index is 10.5. The Bertz CT molecular complexity index is 1570. The van der Waals surface area contributed by atoms with Gasteiger partial charge in [0, 0.05) is 29.1 Å². The number of furan rings is 1. The van der Waals surface area contributed by atoms with Gasteiger partial charge in [0.25, 0.3) is 0 Å². The van der Waals surface area contributed by atoms with Crippen LogP contribution in [-0.2, 0) is 0 Å². The van der Waals surface area contributed by atoms with Crippen molar-refractivity contribution in [3.8, 4) is 56.9 Å². The van der Waals surface area contributed by atoms with Crippen molar-refractivity contribution < 1.29 is 35.1 Å². The molecule has 0 spiro atoms. The van der Waals surface area contributed by atoms with Crippen LogP contribution in [0.1, 0.15) is 11.1 Å². The Balaban J connectivity index is 1.82. The maximum Gasteiger partial charge on any atom is 0.146 e. The van der Waals surface area contributed by atoms with E-state index in [9.17, 15) is 30.6 Å². The van der Waals surface area contributed by atoms with E-state index in [2.05, 4.69) is 0 Å². The van der Waals surface area contributed by atoms with Crippen LogP contribution in [0, 0.1) is 0 Å². The van der Waals surface area contributed by atoms with Gasteiger partial charge in [-0.3, -0.25) is 0 Å². The molecular weight excluding hydrogens is 448 g/mol. The van der Waals surface area contributed by atoms with Gasteiger partial charge in [-0.05, 0) is 59.2 Å². The molecule has 0 aliphatic heterocycles. The molecule has 0 bridgehead atoms. The molecule has 4 aromatic carbocycles. The summed E-state index contributed by atoms with van der Waals surface area (Å²) >= 11 is 0. The molecule has 35 heavy (non-hydrogen) atoms. The zero-order valence-corrected chi connectivity index (χ0v) is 18.2. The van der Waals surface area contributed by atoms with Gasteiger partial charge in [-0.15, -0.1) is 0 Å². The number of phenolic OH excluding ortho intramolecular Hbond substituents is 6. The number of rotatable bonds is 4. The van der Waals surface area contributed by atoms with Crippen molar-refractivity contribution in [3.05, 3.63) is 83.9 Å². The van der Waals surface area contributed by atoms with Gasteiger partial charge in [0.15, 0.2) is 0 Å². The van der Waals surface area contributed by atoms with E-state index in [1.807, 2.05) is 0 Å². The summed E-state index contributed by atoms with van der Waals surface area (Å²) in [5, 5.41) is 61.1. The molecule has 0 saturated heterocycles. The Hall–Kier alpha value is -5.04. The molecule has 174 valence electrons. The van der Waals surface area contributed by atoms with E-state index in [0.29, 0.717) is 27.7 Å². The van der Waals surface area contributed by atoms with Crippen LogP contribution >= 0.6 is 0 Å². The molecular formula is C28H20O7. The summed E-state index contributed by atoms with van der Waals surface area (Å²) in [7, 11) is 0. The van der Waals surface area contributed by atoms with Crippen LogP contribution in [0.25, 0.3) is 45.6 Å². The van der Waals surface area contributed by atoms with E-state index in [0.717, 1.165) is 5.56 Å². The highest BCUT2D eigenvalue weighted by Gasteiger charge is 2.23. The maximum absolute atomic E-state index is 10.5. The monoisotopic (exact) mass is 468 g/mol. The molecule has 7 heteroatoms. The molecule has 0 aliphatic carbocycles. The van der Waals surface area contributed by atoms with Crippen LogP contribution in [0.15, 0.2) is 77.2 Å². The van der Waals surface area contributed by atoms with Gasteiger partial charge in [0.05, 0.1) is 5.56 Å². The number of fused-ring (bicyclic) bond motifs is 1. The fourth-order valence-corrected chi connectivity index (χ4v) is 4.06. The molecule has 0 atom stereocenters. The summed E-state index contributed by atoms with van der Waals surface area (Å²) < 4.78 is 6.10. The first-order chi connectivity index (χ1) is 16.8. The first-order valence-corrected chi connectivity index (χ1v) is 10.6. The SMILES string of the molecule is Oc1ccc(/C=C/c2cc(O)cc3oc(-c4ccc(O)cc4O)c(-c4cc(O)cc(O)c4)c23)cc1. The molecule has 0 unspecified atom stereocenters. The number of benzene rings is 4. The van der Waals surface area contributed by atoms with E-state index in [1.54, 1.807) is 42.5 Å². The highest BCUT2D eigenvalue weighted by atomic mass is 16.3. The van der Waals surface area contributed by atoms with Crippen molar-refractivity contribution in [2.45, 2.75) is 0 Å². The van der Waals surface area contributed by atoms with Crippen molar-refractivity contribution in [1.82, 2.24) is 0 Å². The first-order valence-electron chi connectivity index (χ1n) is 10.6. The van der Waals surface area contributed by atoms with Crippen LogP contribution in [0.4, 0.5) is 0 Å². The predicted molar refractivity (Wildman–Crippen MR) is 132 cm³/mol. The standard InChI is InChI=1S/C28H20O7/c29-18-5-2-15(3-6-18)1-4-16-9-22(33)14-25-26(16)27(17-10-20(31)12-21(32)11-17)28(35-25)23-8-7-19(30)13-24(23)34/h1-14,29-34H/b4-1+. The zero-order chi connectivity index (χ0) is 24.7. The Kier molecular flexibility index (Phi) is 5.22. The number of aromatic hydroxyl groups is 6. The molecule has 1 aromatic heterocycles. The van der Waals surface area contributed by atoms with Gasteiger partial charge in [0.2, 0.25) is 0 Å². The second-order valence-corrected chi connectivity index (χ2v) is 8.08. The Morgan fingerprint density at radius 3 is 1.91 bits per heavy atom. The van der Waals surface area contributed by atoms with Crippen molar-refractivity contribution >= 4 is 23.1 Å². The van der Waals surface area contributed by atoms with Gasteiger partial charge >= 0.3 is 0 Å². The third kappa shape index (κ3) is 4.18. The van der Waals surface area contributed by atoms with Crippen molar-refractivity contribution in [2.24, 2.45) is 0 Å². The van der Waals surface area contributed by atoms with Crippen molar-refractivity contribution in [1.29, 1.82) is 0 Å². The highest BCUT2D eigenvalue weighted by molar-refractivity contribution is 6.08. The van der Waals surface area contributed by atoms with Crippen LogP contribution in [0.2, 0.25) is 0 Å². The fourth-order valence-electron chi connectivity index (χ4n) is 4.06. The van der Waals surface area contributed by atoms with Gasteiger partial charge in [-0.25, -0.2) is 0 Å². The minimum absolute atomic E-state index is 0.0524. The smallest absolute Gasteiger partial charge is 0.146 e. The lowest BCUT2D eigenvalue weighted by molar-refractivity contribution is 0.450. The normalized spacial score (nSPS) is 11.4. The Labute approximate surface area is 199 Å².